The van der Waals surface area contributed by atoms with Crippen LogP contribution in [0.2, 0.25) is 0 Å². The Balaban J connectivity index is 0.000001000. The van der Waals surface area contributed by atoms with Gasteiger partial charge < -0.3 is 10.2 Å². The fourth-order valence-electron chi connectivity index (χ4n) is 5.02. The average molecular weight is 271 g/mol. The summed E-state index contributed by atoms with van der Waals surface area (Å²) in [4.78, 5) is 14.8. The second-order valence-corrected chi connectivity index (χ2v) is 6.60. The summed E-state index contributed by atoms with van der Waals surface area (Å²) in [6, 6.07) is 0.398. The van der Waals surface area contributed by atoms with Gasteiger partial charge in [0.05, 0.1) is 0 Å². The summed E-state index contributed by atoms with van der Waals surface area (Å²) in [5, 5.41) is 3.37. The molecule has 3 nitrogen and oxygen atoms in total. The molecule has 0 radical (unpaired) electrons. The number of nitrogens with one attached hydrogen (secondary N) is 1. The summed E-state index contributed by atoms with van der Waals surface area (Å²) in [6.07, 6.45) is 4.26. The Bertz CT molecular complexity index is 346. The van der Waals surface area contributed by atoms with E-state index in [0.29, 0.717) is 17.9 Å². The number of rotatable bonds is 1. The minimum atomic E-state index is 0. The van der Waals surface area contributed by atoms with Gasteiger partial charge in [-0.2, -0.15) is 0 Å². The van der Waals surface area contributed by atoms with Gasteiger partial charge in [0.1, 0.15) is 0 Å². The van der Waals surface area contributed by atoms with E-state index in [4.69, 9.17) is 0 Å². The largest absolute Gasteiger partial charge is 0.337 e. The van der Waals surface area contributed by atoms with Crippen LogP contribution in [-0.2, 0) is 4.79 Å². The lowest BCUT2D eigenvalue weighted by atomic mass is 10.0. The van der Waals surface area contributed by atoms with Crippen molar-refractivity contribution in [2.24, 2.45) is 29.6 Å². The van der Waals surface area contributed by atoms with Crippen LogP contribution in [0.1, 0.15) is 26.2 Å². The monoisotopic (exact) mass is 270 g/mol. The molecule has 5 atom stereocenters. The molecule has 3 aliphatic carbocycles. The molecule has 1 amide bonds. The van der Waals surface area contributed by atoms with E-state index in [0.717, 1.165) is 43.3 Å². The van der Waals surface area contributed by atoms with Crippen molar-refractivity contribution in [2.75, 3.05) is 19.6 Å². The third-order valence-corrected chi connectivity index (χ3v) is 5.80. The number of halogens is 1. The van der Waals surface area contributed by atoms with Crippen LogP contribution in [0, 0.1) is 29.6 Å². The van der Waals surface area contributed by atoms with Crippen LogP contribution in [0.3, 0.4) is 0 Å². The van der Waals surface area contributed by atoms with Gasteiger partial charge in [0.25, 0.3) is 0 Å². The van der Waals surface area contributed by atoms with Crippen LogP contribution in [0.4, 0.5) is 0 Å². The smallest absolute Gasteiger partial charge is 0.226 e. The number of piperazine rings is 1. The number of carbonyl (C=O) groups excluding carboxylic acids is 1. The van der Waals surface area contributed by atoms with E-state index in [1.54, 1.807) is 0 Å². The molecule has 0 aromatic heterocycles. The van der Waals surface area contributed by atoms with Crippen molar-refractivity contribution in [3.8, 4) is 0 Å². The Morgan fingerprint density at radius 3 is 2.50 bits per heavy atom. The lowest BCUT2D eigenvalue weighted by Crippen LogP contribution is -2.53. The van der Waals surface area contributed by atoms with Crippen molar-refractivity contribution in [3.63, 3.8) is 0 Å². The van der Waals surface area contributed by atoms with Crippen LogP contribution in [0.15, 0.2) is 0 Å². The van der Waals surface area contributed by atoms with Gasteiger partial charge in [-0.1, -0.05) is 0 Å². The first-order chi connectivity index (χ1) is 8.27. The van der Waals surface area contributed by atoms with Crippen LogP contribution < -0.4 is 5.32 Å². The highest BCUT2D eigenvalue weighted by Gasteiger charge is 2.68. The summed E-state index contributed by atoms with van der Waals surface area (Å²) < 4.78 is 0. The molecule has 1 aliphatic heterocycles. The van der Waals surface area contributed by atoms with Gasteiger partial charge in [-0.15, -0.1) is 12.4 Å². The number of amides is 1. The summed E-state index contributed by atoms with van der Waals surface area (Å²) in [5.41, 5.74) is 0. The first-order valence-corrected chi connectivity index (χ1v) is 7.28. The van der Waals surface area contributed by atoms with E-state index >= 15 is 0 Å². The molecule has 1 saturated heterocycles. The highest BCUT2D eigenvalue weighted by Crippen LogP contribution is 2.69. The Kier molecular flexibility index (Phi) is 3.10. The summed E-state index contributed by atoms with van der Waals surface area (Å²) in [7, 11) is 0. The van der Waals surface area contributed by atoms with Crippen LogP contribution >= 0.6 is 12.4 Å². The van der Waals surface area contributed by atoms with E-state index in [1.165, 1.54) is 19.3 Å². The molecule has 0 aromatic carbocycles. The number of hydrogen-bond donors (Lipinski definition) is 1. The highest BCUT2D eigenvalue weighted by molar-refractivity contribution is 5.85. The predicted octanol–water partition coefficient (Wildman–Crippen LogP) is 1.52. The molecular formula is C14H23ClN2O. The molecule has 4 unspecified atom stereocenters. The zero-order valence-corrected chi connectivity index (χ0v) is 11.8. The van der Waals surface area contributed by atoms with Crippen molar-refractivity contribution in [1.82, 2.24) is 10.2 Å². The topological polar surface area (TPSA) is 32.3 Å². The second-order valence-electron chi connectivity index (χ2n) is 6.60. The highest BCUT2D eigenvalue weighted by atomic mass is 35.5. The molecular weight excluding hydrogens is 248 g/mol. The molecule has 3 saturated carbocycles. The zero-order chi connectivity index (χ0) is 11.6. The molecule has 4 aliphatic rings. The normalized spacial score (nSPS) is 48.6. The van der Waals surface area contributed by atoms with E-state index in [1.807, 2.05) is 0 Å². The molecule has 0 spiro atoms. The van der Waals surface area contributed by atoms with Crippen molar-refractivity contribution < 1.29 is 4.79 Å². The Hall–Kier alpha value is -0.280. The van der Waals surface area contributed by atoms with Crippen molar-refractivity contribution >= 4 is 18.3 Å². The summed E-state index contributed by atoms with van der Waals surface area (Å²) in [5.74, 6) is 4.34. The van der Waals surface area contributed by atoms with Gasteiger partial charge in [0, 0.05) is 31.6 Å². The van der Waals surface area contributed by atoms with Crippen molar-refractivity contribution in [2.45, 2.75) is 32.2 Å². The van der Waals surface area contributed by atoms with Gasteiger partial charge in [-0.05, 0) is 49.9 Å². The van der Waals surface area contributed by atoms with Crippen LogP contribution in [0.25, 0.3) is 0 Å². The van der Waals surface area contributed by atoms with Crippen LogP contribution in [0.5, 0.6) is 0 Å². The molecule has 102 valence electrons. The summed E-state index contributed by atoms with van der Waals surface area (Å²) in [6.45, 7) is 5.05. The minimum absolute atomic E-state index is 0. The molecule has 0 aromatic rings. The molecule has 4 heteroatoms. The fourth-order valence-corrected chi connectivity index (χ4v) is 5.02. The zero-order valence-electron chi connectivity index (χ0n) is 11.0. The maximum Gasteiger partial charge on any atom is 0.226 e. The minimum Gasteiger partial charge on any atom is -0.337 e. The molecule has 4 fully saturated rings. The van der Waals surface area contributed by atoms with Gasteiger partial charge >= 0.3 is 0 Å². The molecule has 1 heterocycles. The number of hydrogen-bond acceptors (Lipinski definition) is 2. The third-order valence-electron chi connectivity index (χ3n) is 5.80. The van der Waals surface area contributed by atoms with Crippen molar-refractivity contribution in [1.29, 1.82) is 0 Å². The van der Waals surface area contributed by atoms with Gasteiger partial charge in [-0.25, -0.2) is 0 Å². The number of nitrogens with zero attached hydrogens (tertiary/aromatic N) is 1. The van der Waals surface area contributed by atoms with Crippen LogP contribution in [-0.4, -0.2) is 36.5 Å². The Morgan fingerprint density at radius 2 is 1.89 bits per heavy atom. The standard InChI is InChI=1S/C14H22N2O.ClH/c1-8-7-15-4-5-16(8)14(17)13-11-9-2-3-10(6-9)12(11)13;/h8-13,15H,2-7H2,1H3;1H/t8-,9?,10?,11?,12?,13?;/m1./s1. The Morgan fingerprint density at radius 1 is 1.22 bits per heavy atom. The van der Waals surface area contributed by atoms with Gasteiger partial charge in [0.15, 0.2) is 0 Å². The third kappa shape index (κ3) is 1.63. The summed E-state index contributed by atoms with van der Waals surface area (Å²) >= 11 is 0. The lowest BCUT2D eigenvalue weighted by Gasteiger charge is -2.34. The Labute approximate surface area is 115 Å². The first-order valence-electron chi connectivity index (χ1n) is 7.28. The van der Waals surface area contributed by atoms with E-state index in [-0.39, 0.29) is 12.4 Å². The molecule has 4 rings (SSSR count). The number of fused-ring (bicyclic) bond motifs is 5. The lowest BCUT2D eigenvalue weighted by molar-refractivity contribution is -0.136. The molecule has 1 N–H and O–H groups in total. The maximum atomic E-state index is 12.6. The average Bonchev–Trinajstić information content (AvgIpc) is 2.77. The van der Waals surface area contributed by atoms with Crippen molar-refractivity contribution in [3.05, 3.63) is 0 Å². The molecule has 2 bridgehead atoms. The quantitative estimate of drug-likeness (QED) is 0.784. The van der Waals surface area contributed by atoms with E-state index < -0.39 is 0 Å². The number of carbonyl (C=O) groups is 1. The fraction of sp³-hybridized carbons (Fsp3) is 0.929. The SMILES string of the molecule is C[C@@H]1CNCCN1C(=O)C1C2C3CCC(C3)C12.Cl. The first kappa shape index (κ1) is 12.7. The second kappa shape index (κ2) is 4.38. The predicted molar refractivity (Wildman–Crippen MR) is 72.6 cm³/mol. The maximum absolute atomic E-state index is 12.6. The van der Waals surface area contributed by atoms with Gasteiger partial charge in [-0.3, -0.25) is 4.79 Å². The van der Waals surface area contributed by atoms with Gasteiger partial charge in [0.2, 0.25) is 5.91 Å². The van der Waals surface area contributed by atoms with E-state index in [2.05, 4.69) is 17.1 Å². The molecule has 18 heavy (non-hydrogen) atoms. The van der Waals surface area contributed by atoms with E-state index in [9.17, 15) is 4.79 Å².